The summed E-state index contributed by atoms with van der Waals surface area (Å²) in [6.07, 6.45) is 3.06. The third-order valence-corrected chi connectivity index (χ3v) is 5.41. The van der Waals surface area contributed by atoms with E-state index in [1.165, 1.54) is 11.8 Å². The number of rotatable bonds is 5. The zero-order valence-corrected chi connectivity index (χ0v) is 16.1. The van der Waals surface area contributed by atoms with Crippen LogP contribution in [0, 0.1) is 5.82 Å². The molecule has 0 bridgehead atoms. The lowest BCUT2D eigenvalue weighted by Crippen LogP contribution is -2.39. The maximum Gasteiger partial charge on any atom is 0.407 e. The summed E-state index contributed by atoms with van der Waals surface area (Å²) in [6, 6.07) is 14.6. The van der Waals surface area contributed by atoms with Gasteiger partial charge in [0.2, 0.25) is 0 Å². The number of hydrogen-bond donors (Lipinski definition) is 1. The number of carbonyl (C=O) groups excluding carboxylic acids is 1. The predicted molar refractivity (Wildman–Crippen MR) is 108 cm³/mol. The molecule has 146 valence electrons. The molecule has 4 nitrogen and oxygen atoms in total. The summed E-state index contributed by atoms with van der Waals surface area (Å²) in [5, 5.41) is 3.95. The minimum absolute atomic E-state index is 0.000262. The van der Waals surface area contributed by atoms with E-state index in [0.717, 1.165) is 47.8 Å². The van der Waals surface area contributed by atoms with Crippen molar-refractivity contribution in [2.45, 2.75) is 51.8 Å². The molecule has 0 radical (unpaired) electrons. The molecule has 1 heterocycles. The van der Waals surface area contributed by atoms with Crippen LogP contribution in [0.5, 0.6) is 0 Å². The van der Waals surface area contributed by atoms with Crippen LogP contribution >= 0.6 is 0 Å². The molecule has 1 atom stereocenters. The van der Waals surface area contributed by atoms with Gasteiger partial charge in [-0.3, -0.25) is 0 Å². The largest absolute Gasteiger partial charge is 0.445 e. The molecule has 3 aromatic rings. The average Bonchev–Trinajstić information content (AvgIpc) is 3.00. The molecule has 1 aliphatic rings. The Hall–Kier alpha value is -2.82. The second kappa shape index (κ2) is 8.05. The lowest BCUT2D eigenvalue weighted by atomic mass is 9.91. The van der Waals surface area contributed by atoms with E-state index in [9.17, 15) is 9.18 Å². The number of nitrogens with one attached hydrogen (secondary N) is 1. The van der Waals surface area contributed by atoms with Crippen LogP contribution in [0.2, 0.25) is 0 Å². The van der Waals surface area contributed by atoms with Crippen molar-refractivity contribution >= 4 is 17.0 Å². The van der Waals surface area contributed by atoms with Gasteiger partial charge in [0, 0.05) is 29.2 Å². The highest BCUT2D eigenvalue weighted by atomic mass is 19.1. The van der Waals surface area contributed by atoms with E-state index in [-0.39, 0.29) is 18.5 Å². The predicted octanol–water partition coefficient (Wildman–Crippen LogP) is 4.97. The van der Waals surface area contributed by atoms with Crippen molar-refractivity contribution in [3.63, 3.8) is 0 Å². The molecule has 1 amide bonds. The number of alkyl carbamates (subject to hydrolysis) is 1. The minimum atomic E-state index is -0.402. The number of halogens is 1. The number of aromatic nitrogens is 1. The zero-order valence-electron chi connectivity index (χ0n) is 16.1. The van der Waals surface area contributed by atoms with Gasteiger partial charge >= 0.3 is 6.09 Å². The van der Waals surface area contributed by atoms with Crippen molar-refractivity contribution in [1.29, 1.82) is 0 Å². The number of fused-ring (bicyclic) bond motifs is 3. The van der Waals surface area contributed by atoms with Crippen LogP contribution in [0.3, 0.4) is 0 Å². The van der Waals surface area contributed by atoms with Crippen molar-refractivity contribution < 1.29 is 13.9 Å². The molecular formula is C23H25FN2O2. The Balaban J connectivity index is 1.48. The smallest absolute Gasteiger partial charge is 0.407 e. The fraction of sp³-hybridized carbons (Fsp3) is 0.348. The third kappa shape index (κ3) is 3.75. The number of benzene rings is 2. The standard InChI is InChI=1S/C23H25FN2O2/c1-2-12-26-21-10-8-17(24)13-19(21)20-14-18(9-11-22(20)26)25-23(27)28-15-16-6-4-3-5-7-16/h3-8,10,13,18H,2,9,11-12,14-15H2,1H3,(H,25,27)/t18-/m0/s1. The van der Waals surface area contributed by atoms with Crippen molar-refractivity contribution in [3.05, 3.63) is 71.2 Å². The Bertz CT molecular complexity index is 981. The Kier molecular flexibility index (Phi) is 5.33. The molecule has 0 saturated carbocycles. The zero-order chi connectivity index (χ0) is 19.5. The summed E-state index contributed by atoms with van der Waals surface area (Å²) in [7, 11) is 0. The summed E-state index contributed by atoms with van der Waals surface area (Å²) >= 11 is 0. The first-order chi connectivity index (χ1) is 13.7. The minimum Gasteiger partial charge on any atom is -0.445 e. The van der Waals surface area contributed by atoms with Crippen molar-refractivity contribution in [1.82, 2.24) is 9.88 Å². The SMILES string of the molecule is CCCn1c2c(c3cc(F)ccc31)C[C@@H](NC(=O)OCc1ccccc1)CC2. The van der Waals surface area contributed by atoms with Crippen LogP contribution in [0.4, 0.5) is 9.18 Å². The summed E-state index contributed by atoms with van der Waals surface area (Å²) in [4.78, 5) is 12.2. The molecule has 28 heavy (non-hydrogen) atoms. The normalized spacial score (nSPS) is 16.0. The Labute approximate surface area is 164 Å². The number of carbonyl (C=O) groups is 1. The van der Waals surface area contributed by atoms with Gasteiger partial charge < -0.3 is 14.6 Å². The first kappa shape index (κ1) is 18.5. The van der Waals surface area contributed by atoms with Gasteiger partial charge in [-0.1, -0.05) is 37.3 Å². The molecule has 0 spiro atoms. The van der Waals surface area contributed by atoms with Gasteiger partial charge in [0.25, 0.3) is 0 Å². The molecule has 1 aromatic heterocycles. The fourth-order valence-corrected chi connectivity index (χ4v) is 4.16. The Morgan fingerprint density at radius 1 is 1.25 bits per heavy atom. The summed E-state index contributed by atoms with van der Waals surface area (Å²) < 4.78 is 21.5. The number of hydrogen-bond acceptors (Lipinski definition) is 2. The van der Waals surface area contributed by atoms with Gasteiger partial charge in [0.1, 0.15) is 12.4 Å². The van der Waals surface area contributed by atoms with Crippen molar-refractivity contribution in [2.24, 2.45) is 0 Å². The second-order valence-corrected chi connectivity index (χ2v) is 7.38. The molecule has 0 fully saturated rings. The summed E-state index contributed by atoms with van der Waals surface area (Å²) in [5.74, 6) is -0.221. The lowest BCUT2D eigenvalue weighted by Gasteiger charge is -2.24. The summed E-state index contributed by atoms with van der Waals surface area (Å²) in [5.41, 5.74) is 4.47. The van der Waals surface area contributed by atoms with Gasteiger partial charge in [0.05, 0.1) is 0 Å². The first-order valence-electron chi connectivity index (χ1n) is 9.92. The van der Waals surface area contributed by atoms with Crippen LogP contribution in [0.25, 0.3) is 10.9 Å². The van der Waals surface area contributed by atoms with Gasteiger partial charge in [-0.2, -0.15) is 0 Å². The van der Waals surface area contributed by atoms with E-state index in [0.29, 0.717) is 6.42 Å². The quantitative estimate of drug-likeness (QED) is 0.679. The molecule has 0 aliphatic heterocycles. The topological polar surface area (TPSA) is 43.3 Å². The van der Waals surface area contributed by atoms with Crippen LogP contribution in [-0.4, -0.2) is 16.7 Å². The van der Waals surface area contributed by atoms with Gasteiger partial charge in [-0.05, 0) is 55.0 Å². The lowest BCUT2D eigenvalue weighted by molar-refractivity contribution is 0.134. The van der Waals surface area contributed by atoms with Crippen LogP contribution in [0.15, 0.2) is 48.5 Å². The van der Waals surface area contributed by atoms with E-state index in [1.54, 1.807) is 6.07 Å². The highest BCUT2D eigenvalue weighted by Gasteiger charge is 2.26. The maximum absolute atomic E-state index is 13.9. The van der Waals surface area contributed by atoms with Gasteiger partial charge in [-0.25, -0.2) is 9.18 Å². The average molecular weight is 380 g/mol. The Morgan fingerprint density at radius 3 is 2.86 bits per heavy atom. The van der Waals surface area contributed by atoms with E-state index in [4.69, 9.17) is 4.74 Å². The maximum atomic E-state index is 13.9. The third-order valence-electron chi connectivity index (χ3n) is 5.41. The number of amides is 1. The molecule has 2 aromatic carbocycles. The monoisotopic (exact) mass is 380 g/mol. The molecule has 0 saturated heterocycles. The van der Waals surface area contributed by atoms with Crippen LogP contribution < -0.4 is 5.32 Å². The second-order valence-electron chi connectivity index (χ2n) is 7.38. The van der Waals surface area contributed by atoms with Crippen LogP contribution in [0.1, 0.15) is 36.6 Å². The highest BCUT2D eigenvalue weighted by molar-refractivity contribution is 5.86. The van der Waals surface area contributed by atoms with Crippen LogP contribution in [-0.2, 0) is 30.7 Å². The molecular weight excluding hydrogens is 355 g/mol. The van der Waals surface area contributed by atoms with E-state index < -0.39 is 6.09 Å². The first-order valence-corrected chi connectivity index (χ1v) is 9.92. The van der Waals surface area contributed by atoms with E-state index >= 15 is 0 Å². The molecule has 4 rings (SSSR count). The van der Waals surface area contributed by atoms with Gasteiger partial charge in [-0.15, -0.1) is 0 Å². The molecule has 1 N–H and O–H groups in total. The Morgan fingerprint density at radius 2 is 2.07 bits per heavy atom. The number of nitrogens with zero attached hydrogens (tertiary/aromatic N) is 1. The van der Waals surface area contributed by atoms with Gasteiger partial charge in [0.15, 0.2) is 0 Å². The molecule has 0 unspecified atom stereocenters. The summed E-state index contributed by atoms with van der Waals surface area (Å²) in [6.45, 7) is 3.33. The van der Waals surface area contributed by atoms with Crippen molar-refractivity contribution in [2.75, 3.05) is 0 Å². The number of ether oxygens (including phenoxy) is 1. The van der Waals surface area contributed by atoms with Crippen molar-refractivity contribution in [3.8, 4) is 0 Å². The molecule has 1 aliphatic carbocycles. The molecule has 5 heteroatoms. The fourth-order valence-electron chi connectivity index (χ4n) is 4.16. The highest BCUT2D eigenvalue weighted by Crippen LogP contribution is 2.33. The van der Waals surface area contributed by atoms with E-state index in [1.807, 2.05) is 36.4 Å². The van der Waals surface area contributed by atoms with E-state index in [2.05, 4.69) is 16.8 Å². The number of aryl methyl sites for hydroxylation is 1.